The molecule has 21 heavy (non-hydrogen) atoms. The topological polar surface area (TPSA) is 29.5 Å². The van der Waals surface area contributed by atoms with Crippen LogP contribution in [0.5, 0.6) is 5.75 Å². The van der Waals surface area contributed by atoms with E-state index in [0.29, 0.717) is 11.7 Å². The van der Waals surface area contributed by atoms with Crippen LogP contribution >= 0.6 is 15.9 Å². The van der Waals surface area contributed by atoms with E-state index >= 15 is 0 Å². The van der Waals surface area contributed by atoms with E-state index in [1.807, 2.05) is 0 Å². The standard InChI is InChI=1S/C16H13BrF2O2/c17-14-12(7-8-13(18)15(14)19)16(20)9-1-3-10(4-2-9)21-11-5-6-11/h1-4,7-8,11,16,20H,5-6H2. The molecular weight excluding hydrogens is 342 g/mol. The zero-order chi connectivity index (χ0) is 15.0. The van der Waals surface area contributed by atoms with Gasteiger partial charge in [-0.25, -0.2) is 8.78 Å². The van der Waals surface area contributed by atoms with Gasteiger partial charge < -0.3 is 9.84 Å². The maximum atomic E-state index is 13.5. The molecule has 110 valence electrons. The third-order valence-electron chi connectivity index (χ3n) is 3.38. The Morgan fingerprint density at radius 1 is 1.10 bits per heavy atom. The first-order valence-electron chi connectivity index (χ1n) is 6.64. The van der Waals surface area contributed by atoms with E-state index in [9.17, 15) is 13.9 Å². The Hall–Kier alpha value is -1.46. The Balaban J connectivity index is 1.84. The van der Waals surface area contributed by atoms with Crippen LogP contribution < -0.4 is 4.74 Å². The molecule has 3 rings (SSSR count). The van der Waals surface area contributed by atoms with Crippen molar-refractivity contribution < 1.29 is 18.6 Å². The number of rotatable bonds is 4. The molecule has 1 aliphatic carbocycles. The molecule has 0 heterocycles. The highest BCUT2D eigenvalue weighted by Gasteiger charge is 2.23. The van der Waals surface area contributed by atoms with Gasteiger partial charge in [-0.1, -0.05) is 18.2 Å². The molecule has 2 aromatic rings. The summed E-state index contributed by atoms with van der Waals surface area (Å²) >= 11 is 2.98. The van der Waals surface area contributed by atoms with Crippen molar-refractivity contribution in [2.45, 2.75) is 25.0 Å². The Morgan fingerprint density at radius 3 is 2.38 bits per heavy atom. The highest BCUT2D eigenvalue weighted by molar-refractivity contribution is 9.10. The van der Waals surface area contributed by atoms with Crippen LogP contribution in [0.4, 0.5) is 8.78 Å². The Morgan fingerprint density at radius 2 is 1.76 bits per heavy atom. The lowest BCUT2D eigenvalue weighted by molar-refractivity contribution is 0.218. The highest BCUT2D eigenvalue weighted by Crippen LogP contribution is 2.33. The molecule has 2 aromatic carbocycles. The molecule has 0 spiro atoms. The molecule has 0 aliphatic heterocycles. The van der Waals surface area contributed by atoms with E-state index < -0.39 is 17.7 Å². The summed E-state index contributed by atoms with van der Waals surface area (Å²) in [6.45, 7) is 0. The van der Waals surface area contributed by atoms with Gasteiger partial charge in [0.25, 0.3) is 0 Å². The molecule has 1 fully saturated rings. The van der Waals surface area contributed by atoms with Gasteiger partial charge in [0.05, 0.1) is 10.6 Å². The minimum atomic E-state index is -1.04. The molecule has 2 nitrogen and oxygen atoms in total. The van der Waals surface area contributed by atoms with Crippen molar-refractivity contribution in [1.29, 1.82) is 0 Å². The molecule has 5 heteroatoms. The Labute approximate surface area is 129 Å². The summed E-state index contributed by atoms with van der Waals surface area (Å²) in [6, 6.07) is 9.34. The smallest absolute Gasteiger partial charge is 0.173 e. The number of benzene rings is 2. The second kappa shape index (κ2) is 5.73. The second-order valence-electron chi connectivity index (χ2n) is 5.05. The van der Waals surface area contributed by atoms with Crippen LogP contribution in [-0.4, -0.2) is 11.2 Å². The summed E-state index contributed by atoms with van der Waals surface area (Å²) in [5, 5.41) is 10.3. The molecule has 0 aromatic heterocycles. The van der Waals surface area contributed by atoms with Crippen LogP contribution in [0.15, 0.2) is 40.9 Å². The van der Waals surface area contributed by atoms with E-state index in [1.165, 1.54) is 6.07 Å². The van der Waals surface area contributed by atoms with Gasteiger partial charge in [-0.15, -0.1) is 0 Å². The third kappa shape index (κ3) is 3.09. The van der Waals surface area contributed by atoms with Crippen molar-refractivity contribution >= 4 is 15.9 Å². The maximum Gasteiger partial charge on any atom is 0.173 e. The minimum Gasteiger partial charge on any atom is -0.490 e. The molecule has 0 amide bonds. The maximum absolute atomic E-state index is 13.5. The molecule has 0 saturated heterocycles. The van der Waals surface area contributed by atoms with Gasteiger partial charge in [-0.2, -0.15) is 0 Å². The number of hydrogen-bond donors (Lipinski definition) is 1. The van der Waals surface area contributed by atoms with Gasteiger partial charge >= 0.3 is 0 Å². The predicted octanol–water partition coefficient (Wildman–Crippen LogP) is 4.35. The van der Waals surface area contributed by atoms with Gasteiger partial charge in [-0.05, 0) is 52.5 Å². The molecular formula is C16H13BrF2O2. The first-order valence-corrected chi connectivity index (χ1v) is 7.43. The SMILES string of the molecule is OC(c1ccc(OC2CC2)cc1)c1ccc(F)c(F)c1Br. The fourth-order valence-corrected chi connectivity index (χ4v) is 2.58. The number of ether oxygens (including phenoxy) is 1. The van der Waals surface area contributed by atoms with Crippen LogP contribution in [0.3, 0.4) is 0 Å². The first-order chi connectivity index (χ1) is 10.1. The largest absolute Gasteiger partial charge is 0.490 e. The molecule has 1 saturated carbocycles. The average molecular weight is 355 g/mol. The fraction of sp³-hybridized carbons (Fsp3) is 0.250. The monoisotopic (exact) mass is 354 g/mol. The van der Waals surface area contributed by atoms with Crippen LogP contribution in [0, 0.1) is 11.6 Å². The van der Waals surface area contributed by atoms with Crippen LogP contribution in [0.25, 0.3) is 0 Å². The van der Waals surface area contributed by atoms with Crippen molar-refractivity contribution in [3.8, 4) is 5.75 Å². The number of aliphatic hydroxyl groups is 1. The van der Waals surface area contributed by atoms with Crippen molar-refractivity contribution in [1.82, 2.24) is 0 Å². The molecule has 0 radical (unpaired) electrons. The van der Waals surface area contributed by atoms with Crippen LogP contribution in [0.1, 0.15) is 30.1 Å². The molecule has 0 bridgehead atoms. The quantitative estimate of drug-likeness (QED) is 0.827. The van der Waals surface area contributed by atoms with Gasteiger partial charge in [0.2, 0.25) is 0 Å². The Kier molecular flexibility index (Phi) is 3.95. The summed E-state index contributed by atoms with van der Waals surface area (Å²) in [6.07, 6.45) is 1.42. The Bertz CT molecular complexity index is 654. The summed E-state index contributed by atoms with van der Waals surface area (Å²) < 4.78 is 32.2. The zero-order valence-corrected chi connectivity index (χ0v) is 12.6. The zero-order valence-electron chi connectivity index (χ0n) is 11.0. The summed E-state index contributed by atoms with van der Waals surface area (Å²) in [7, 11) is 0. The number of halogens is 3. The lowest BCUT2D eigenvalue weighted by Gasteiger charge is -2.14. The van der Waals surface area contributed by atoms with Crippen molar-refractivity contribution in [2.75, 3.05) is 0 Å². The van der Waals surface area contributed by atoms with Gasteiger partial charge in [0, 0.05) is 5.56 Å². The lowest BCUT2D eigenvalue weighted by atomic mass is 10.0. The predicted molar refractivity (Wildman–Crippen MR) is 78.2 cm³/mol. The normalized spacial score (nSPS) is 15.8. The molecule has 1 unspecified atom stereocenters. The summed E-state index contributed by atoms with van der Waals surface area (Å²) in [4.78, 5) is 0. The summed E-state index contributed by atoms with van der Waals surface area (Å²) in [5.41, 5.74) is 0.870. The first kappa shape index (κ1) is 14.5. The molecule has 1 aliphatic rings. The van der Waals surface area contributed by atoms with Gasteiger partial charge in [0.1, 0.15) is 11.9 Å². The van der Waals surface area contributed by atoms with E-state index in [2.05, 4.69) is 15.9 Å². The van der Waals surface area contributed by atoms with Crippen molar-refractivity contribution in [3.63, 3.8) is 0 Å². The van der Waals surface area contributed by atoms with Gasteiger partial charge in [-0.3, -0.25) is 0 Å². The lowest BCUT2D eigenvalue weighted by Crippen LogP contribution is -2.03. The van der Waals surface area contributed by atoms with Crippen molar-refractivity contribution in [2.24, 2.45) is 0 Å². The number of hydrogen-bond acceptors (Lipinski definition) is 2. The van der Waals surface area contributed by atoms with E-state index in [-0.39, 0.29) is 10.0 Å². The van der Waals surface area contributed by atoms with E-state index in [4.69, 9.17) is 4.74 Å². The highest BCUT2D eigenvalue weighted by atomic mass is 79.9. The third-order valence-corrected chi connectivity index (χ3v) is 4.19. The minimum absolute atomic E-state index is 0.0618. The van der Waals surface area contributed by atoms with Gasteiger partial charge in [0.15, 0.2) is 11.6 Å². The molecule has 1 atom stereocenters. The van der Waals surface area contributed by atoms with Crippen LogP contribution in [-0.2, 0) is 0 Å². The summed E-state index contributed by atoms with van der Waals surface area (Å²) in [5.74, 6) is -1.20. The fourth-order valence-electron chi connectivity index (χ4n) is 2.04. The second-order valence-corrected chi connectivity index (χ2v) is 5.85. The molecule has 1 N–H and O–H groups in total. The van der Waals surface area contributed by atoms with E-state index in [0.717, 1.165) is 24.7 Å². The van der Waals surface area contributed by atoms with Crippen molar-refractivity contribution in [3.05, 3.63) is 63.6 Å². The van der Waals surface area contributed by atoms with E-state index in [1.54, 1.807) is 24.3 Å². The van der Waals surface area contributed by atoms with Crippen LogP contribution in [0.2, 0.25) is 0 Å². The average Bonchev–Trinajstić information content (AvgIpc) is 3.29. The number of aliphatic hydroxyl groups excluding tert-OH is 1.